The molecule has 2 rings (SSSR count). The van der Waals surface area contributed by atoms with Gasteiger partial charge in [0.1, 0.15) is 0 Å². The lowest BCUT2D eigenvalue weighted by Gasteiger charge is -2.16. The molecule has 2 aromatic rings. The summed E-state index contributed by atoms with van der Waals surface area (Å²) in [6, 6.07) is -0.319. The maximum absolute atomic E-state index is 6.37. The minimum absolute atomic E-state index is 0.319. The Hall–Kier alpha value is -1.37. The molecule has 2 N–H and O–H groups in total. The number of nitrogens with two attached hydrogens (primary N) is 1. The molecule has 0 radical (unpaired) electrons. The summed E-state index contributed by atoms with van der Waals surface area (Å²) in [6.07, 6.45) is 3.44. The zero-order valence-electron chi connectivity index (χ0n) is 12.3. The summed E-state index contributed by atoms with van der Waals surface area (Å²) >= 11 is 6.26. The monoisotopic (exact) mass is 296 g/mol. The van der Waals surface area contributed by atoms with Crippen molar-refractivity contribution in [2.45, 2.75) is 19.5 Å². The first-order valence-corrected chi connectivity index (χ1v) is 6.89. The summed E-state index contributed by atoms with van der Waals surface area (Å²) in [7, 11) is 5.95. The van der Waals surface area contributed by atoms with Gasteiger partial charge in [0.25, 0.3) is 0 Å². The van der Waals surface area contributed by atoms with Gasteiger partial charge in [-0.2, -0.15) is 10.2 Å². The molecule has 0 saturated heterocycles. The van der Waals surface area contributed by atoms with Crippen LogP contribution in [0.5, 0.6) is 0 Å². The van der Waals surface area contributed by atoms with Crippen molar-refractivity contribution in [1.82, 2.24) is 24.5 Å². The third-order valence-electron chi connectivity index (χ3n) is 3.50. The van der Waals surface area contributed by atoms with Gasteiger partial charge in [0.2, 0.25) is 0 Å². The number of aromatic nitrogens is 4. The predicted molar refractivity (Wildman–Crippen MR) is 79.8 cm³/mol. The van der Waals surface area contributed by atoms with E-state index in [0.29, 0.717) is 5.02 Å². The average molecular weight is 297 g/mol. The molecule has 0 amide bonds. The first kappa shape index (κ1) is 15.0. The standard InChI is InChI=1S/C13H21ClN6/c1-9-10(7-16-19(9)4)12(15)13-11(14)8-17-20(13)6-5-18(2)3/h7-8,12H,5-6,15H2,1-4H3. The molecule has 110 valence electrons. The van der Waals surface area contributed by atoms with Gasteiger partial charge >= 0.3 is 0 Å². The number of nitrogens with zero attached hydrogens (tertiary/aromatic N) is 5. The number of hydrogen-bond donors (Lipinski definition) is 1. The Morgan fingerprint density at radius 3 is 2.60 bits per heavy atom. The smallest absolute Gasteiger partial charge is 0.0837 e. The van der Waals surface area contributed by atoms with Crippen molar-refractivity contribution in [2.75, 3.05) is 20.6 Å². The molecule has 0 aliphatic rings. The number of aryl methyl sites for hydroxylation is 1. The molecular formula is C13H21ClN6. The highest BCUT2D eigenvalue weighted by molar-refractivity contribution is 6.31. The zero-order valence-corrected chi connectivity index (χ0v) is 13.1. The minimum atomic E-state index is -0.319. The van der Waals surface area contributed by atoms with Gasteiger partial charge in [-0.1, -0.05) is 11.6 Å². The maximum Gasteiger partial charge on any atom is 0.0837 e. The van der Waals surface area contributed by atoms with E-state index in [-0.39, 0.29) is 6.04 Å². The molecule has 1 atom stereocenters. The van der Waals surface area contributed by atoms with Crippen LogP contribution in [0.3, 0.4) is 0 Å². The first-order valence-electron chi connectivity index (χ1n) is 6.51. The maximum atomic E-state index is 6.37. The lowest BCUT2D eigenvalue weighted by Crippen LogP contribution is -2.23. The van der Waals surface area contributed by atoms with E-state index in [9.17, 15) is 0 Å². The van der Waals surface area contributed by atoms with Crippen molar-refractivity contribution in [1.29, 1.82) is 0 Å². The summed E-state index contributed by atoms with van der Waals surface area (Å²) in [6.45, 7) is 3.63. The lowest BCUT2D eigenvalue weighted by atomic mass is 10.1. The van der Waals surface area contributed by atoms with Crippen LogP contribution >= 0.6 is 11.6 Å². The highest BCUT2D eigenvalue weighted by atomic mass is 35.5. The Kier molecular flexibility index (Phi) is 4.47. The fourth-order valence-electron chi connectivity index (χ4n) is 2.12. The summed E-state index contributed by atoms with van der Waals surface area (Å²) in [5, 5.41) is 9.15. The van der Waals surface area contributed by atoms with Crippen LogP contribution in [0.1, 0.15) is 23.0 Å². The van der Waals surface area contributed by atoms with Gasteiger partial charge in [-0.15, -0.1) is 0 Å². The van der Waals surface area contributed by atoms with E-state index >= 15 is 0 Å². The van der Waals surface area contributed by atoms with Crippen LogP contribution in [-0.2, 0) is 13.6 Å². The van der Waals surface area contributed by atoms with Gasteiger partial charge in [-0.05, 0) is 21.0 Å². The normalized spacial score (nSPS) is 13.2. The Morgan fingerprint density at radius 2 is 2.05 bits per heavy atom. The predicted octanol–water partition coefficient (Wildman–Crippen LogP) is 1.19. The van der Waals surface area contributed by atoms with E-state index in [0.717, 1.165) is 30.0 Å². The van der Waals surface area contributed by atoms with Gasteiger partial charge in [0.05, 0.1) is 35.7 Å². The van der Waals surface area contributed by atoms with Crippen LogP contribution < -0.4 is 5.73 Å². The van der Waals surface area contributed by atoms with Crippen molar-refractivity contribution >= 4 is 11.6 Å². The quantitative estimate of drug-likeness (QED) is 0.900. The zero-order chi connectivity index (χ0) is 14.9. The van der Waals surface area contributed by atoms with Crippen LogP contribution in [0.2, 0.25) is 5.02 Å². The van der Waals surface area contributed by atoms with Crippen LogP contribution in [0, 0.1) is 6.92 Å². The van der Waals surface area contributed by atoms with E-state index in [2.05, 4.69) is 15.1 Å². The molecule has 0 bridgehead atoms. The molecule has 7 heteroatoms. The molecule has 0 aromatic carbocycles. The van der Waals surface area contributed by atoms with Crippen LogP contribution in [0.4, 0.5) is 0 Å². The van der Waals surface area contributed by atoms with Gasteiger partial charge in [0.15, 0.2) is 0 Å². The molecule has 0 spiro atoms. The van der Waals surface area contributed by atoms with Gasteiger partial charge in [0, 0.05) is 24.8 Å². The molecular weight excluding hydrogens is 276 g/mol. The first-order chi connectivity index (χ1) is 9.41. The summed E-state index contributed by atoms with van der Waals surface area (Å²) in [4.78, 5) is 2.10. The highest BCUT2D eigenvalue weighted by Gasteiger charge is 2.21. The van der Waals surface area contributed by atoms with E-state index in [1.165, 1.54) is 0 Å². The lowest BCUT2D eigenvalue weighted by molar-refractivity contribution is 0.368. The molecule has 20 heavy (non-hydrogen) atoms. The fourth-order valence-corrected chi connectivity index (χ4v) is 2.38. The van der Waals surface area contributed by atoms with Crippen LogP contribution in [-0.4, -0.2) is 45.1 Å². The molecule has 0 aliphatic heterocycles. The Bertz CT molecular complexity index is 586. The second-order valence-corrected chi connectivity index (χ2v) is 5.60. The van der Waals surface area contributed by atoms with Crippen molar-refractivity contribution in [3.63, 3.8) is 0 Å². The SMILES string of the molecule is Cc1c(C(N)c2c(Cl)cnn2CCN(C)C)cnn1C. The Balaban J connectivity index is 2.31. The largest absolute Gasteiger partial charge is 0.319 e. The molecule has 2 aromatic heterocycles. The Morgan fingerprint density at radius 1 is 1.35 bits per heavy atom. The summed E-state index contributed by atoms with van der Waals surface area (Å²) in [5.41, 5.74) is 9.22. The topological polar surface area (TPSA) is 64.9 Å². The third-order valence-corrected chi connectivity index (χ3v) is 3.79. The molecule has 1 unspecified atom stereocenters. The number of likely N-dealkylation sites (N-methyl/N-ethyl adjacent to an activating group) is 1. The minimum Gasteiger partial charge on any atom is -0.319 e. The van der Waals surface area contributed by atoms with E-state index in [1.807, 2.05) is 37.4 Å². The highest BCUT2D eigenvalue weighted by Crippen LogP contribution is 2.27. The molecule has 0 saturated carbocycles. The summed E-state index contributed by atoms with van der Waals surface area (Å²) < 4.78 is 3.68. The number of rotatable bonds is 5. The molecule has 0 aliphatic carbocycles. The summed E-state index contributed by atoms with van der Waals surface area (Å²) in [5.74, 6) is 0. The third kappa shape index (κ3) is 2.87. The number of halogens is 1. The van der Waals surface area contributed by atoms with Crippen molar-refractivity contribution in [2.24, 2.45) is 12.8 Å². The number of hydrogen-bond acceptors (Lipinski definition) is 4. The average Bonchev–Trinajstić information content (AvgIpc) is 2.91. The molecule has 2 heterocycles. The second kappa shape index (κ2) is 5.95. The van der Waals surface area contributed by atoms with Crippen LogP contribution in [0.25, 0.3) is 0 Å². The Labute approximate surface area is 124 Å². The van der Waals surface area contributed by atoms with Crippen molar-refractivity contribution in [3.8, 4) is 0 Å². The van der Waals surface area contributed by atoms with Crippen LogP contribution in [0.15, 0.2) is 12.4 Å². The molecule has 0 fully saturated rings. The fraction of sp³-hybridized carbons (Fsp3) is 0.538. The van der Waals surface area contributed by atoms with Gasteiger partial charge in [-0.25, -0.2) is 0 Å². The molecule has 6 nitrogen and oxygen atoms in total. The van der Waals surface area contributed by atoms with E-state index in [1.54, 1.807) is 12.4 Å². The van der Waals surface area contributed by atoms with Gasteiger partial charge < -0.3 is 10.6 Å². The van der Waals surface area contributed by atoms with Gasteiger partial charge in [-0.3, -0.25) is 9.36 Å². The van der Waals surface area contributed by atoms with Crippen molar-refractivity contribution in [3.05, 3.63) is 34.4 Å². The van der Waals surface area contributed by atoms with Crippen molar-refractivity contribution < 1.29 is 0 Å². The van der Waals surface area contributed by atoms with E-state index in [4.69, 9.17) is 17.3 Å². The second-order valence-electron chi connectivity index (χ2n) is 5.19. The van der Waals surface area contributed by atoms with E-state index < -0.39 is 0 Å².